The Labute approximate surface area is 193 Å². The summed E-state index contributed by atoms with van der Waals surface area (Å²) in [6.45, 7) is 4.12. The first-order chi connectivity index (χ1) is 16.1. The normalized spacial score (nSPS) is 18.0. The van der Waals surface area contributed by atoms with E-state index in [2.05, 4.69) is 17.2 Å². The van der Waals surface area contributed by atoms with Gasteiger partial charge in [0.1, 0.15) is 18.2 Å². The predicted molar refractivity (Wildman–Crippen MR) is 124 cm³/mol. The Balaban J connectivity index is 1.33. The Morgan fingerprint density at radius 1 is 1.12 bits per heavy atom. The van der Waals surface area contributed by atoms with E-state index in [9.17, 15) is 9.59 Å². The van der Waals surface area contributed by atoms with Gasteiger partial charge in [-0.1, -0.05) is 30.3 Å². The van der Waals surface area contributed by atoms with Gasteiger partial charge >= 0.3 is 0 Å². The summed E-state index contributed by atoms with van der Waals surface area (Å²) in [5.41, 5.74) is 3.20. The third-order valence-electron chi connectivity index (χ3n) is 6.58. The predicted octanol–water partition coefficient (Wildman–Crippen LogP) is 2.52. The molecule has 1 aromatic carbocycles. The van der Waals surface area contributed by atoms with Crippen molar-refractivity contribution >= 4 is 17.6 Å². The average molecular weight is 445 g/mol. The fraction of sp³-hybridized carbons (Fsp3) is 0.400. The zero-order chi connectivity index (χ0) is 22.8. The highest BCUT2D eigenvalue weighted by Crippen LogP contribution is 2.32. The molecular weight excluding hydrogens is 416 g/mol. The molecule has 5 rings (SSSR count). The monoisotopic (exact) mass is 444 g/mol. The summed E-state index contributed by atoms with van der Waals surface area (Å²) in [5.74, 6) is 1.73. The van der Waals surface area contributed by atoms with Crippen LogP contribution in [0.3, 0.4) is 0 Å². The van der Waals surface area contributed by atoms with E-state index in [1.165, 1.54) is 5.56 Å². The van der Waals surface area contributed by atoms with Crippen LogP contribution in [0.15, 0.2) is 48.8 Å². The smallest absolute Gasteiger partial charge is 0.244 e. The molecule has 2 aliphatic rings. The Morgan fingerprint density at radius 3 is 2.76 bits per heavy atom. The lowest BCUT2D eigenvalue weighted by Gasteiger charge is -2.30. The van der Waals surface area contributed by atoms with Crippen LogP contribution in [-0.2, 0) is 29.0 Å². The van der Waals surface area contributed by atoms with Crippen molar-refractivity contribution in [1.82, 2.24) is 24.6 Å². The number of likely N-dealkylation sites (tertiary alicyclic amines) is 1. The zero-order valence-corrected chi connectivity index (χ0v) is 18.9. The first kappa shape index (κ1) is 21.3. The third kappa shape index (κ3) is 4.51. The van der Waals surface area contributed by atoms with Crippen LogP contribution in [0.4, 0.5) is 5.82 Å². The zero-order valence-electron chi connectivity index (χ0n) is 18.9. The van der Waals surface area contributed by atoms with Crippen LogP contribution in [0.1, 0.15) is 41.4 Å². The second kappa shape index (κ2) is 9.13. The number of aromatic nitrogens is 4. The number of benzene rings is 1. The minimum Gasteiger partial charge on any atom is -0.340 e. The summed E-state index contributed by atoms with van der Waals surface area (Å²) in [6.07, 6.45) is 6.24. The number of aryl methyl sites for hydroxylation is 1. The number of rotatable bonds is 6. The van der Waals surface area contributed by atoms with Crippen molar-refractivity contribution < 1.29 is 9.59 Å². The molecule has 33 heavy (non-hydrogen) atoms. The number of nitrogens with zero attached hydrogens (tertiary/aromatic N) is 6. The molecule has 170 valence electrons. The maximum Gasteiger partial charge on any atom is 0.244 e. The van der Waals surface area contributed by atoms with Crippen molar-refractivity contribution in [3.05, 3.63) is 71.4 Å². The molecule has 0 unspecified atom stereocenters. The summed E-state index contributed by atoms with van der Waals surface area (Å²) >= 11 is 0. The number of amides is 2. The largest absolute Gasteiger partial charge is 0.340 e. The topological polar surface area (TPSA) is 84.2 Å². The lowest BCUT2D eigenvalue weighted by atomic mass is 10.0. The Kier molecular flexibility index (Phi) is 5.90. The van der Waals surface area contributed by atoms with E-state index in [1.54, 1.807) is 17.1 Å². The average Bonchev–Trinajstić information content (AvgIpc) is 3.51. The van der Waals surface area contributed by atoms with Crippen LogP contribution in [-0.4, -0.2) is 56.1 Å². The molecule has 8 heteroatoms. The molecule has 0 bridgehead atoms. The van der Waals surface area contributed by atoms with Gasteiger partial charge in [0.25, 0.3) is 0 Å². The summed E-state index contributed by atoms with van der Waals surface area (Å²) < 4.78 is 1.64. The van der Waals surface area contributed by atoms with Gasteiger partial charge in [-0.15, -0.1) is 0 Å². The van der Waals surface area contributed by atoms with Crippen LogP contribution in [0.25, 0.3) is 0 Å². The van der Waals surface area contributed by atoms with Gasteiger partial charge in [-0.2, -0.15) is 5.10 Å². The molecule has 3 aromatic rings. The molecule has 2 aliphatic heterocycles. The molecule has 4 heterocycles. The van der Waals surface area contributed by atoms with E-state index >= 15 is 0 Å². The molecule has 0 radical (unpaired) electrons. The van der Waals surface area contributed by atoms with Gasteiger partial charge in [0.15, 0.2) is 0 Å². The third-order valence-corrected chi connectivity index (χ3v) is 6.58. The van der Waals surface area contributed by atoms with Crippen LogP contribution in [0.5, 0.6) is 0 Å². The number of carbonyl (C=O) groups is 2. The second-order valence-corrected chi connectivity index (χ2v) is 8.78. The molecule has 0 N–H and O–H groups in total. The van der Waals surface area contributed by atoms with Crippen molar-refractivity contribution in [3.63, 3.8) is 0 Å². The van der Waals surface area contributed by atoms with Crippen molar-refractivity contribution in [1.29, 1.82) is 0 Å². The quantitative estimate of drug-likeness (QED) is 0.583. The Bertz CT molecular complexity index is 1150. The molecule has 2 amide bonds. The van der Waals surface area contributed by atoms with Crippen LogP contribution >= 0.6 is 0 Å². The second-order valence-electron chi connectivity index (χ2n) is 8.78. The van der Waals surface area contributed by atoms with Gasteiger partial charge in [0.2, 0.25) is 11.8 Å². The summed E-state index contributed by atoms with van der Waals surface area (Å²) in [6, 6.07) is 12.0. The molecule has 0 aliphatic carbocycles. The fourth-order valence-electron chi connectivity index (χ4n) is 4.73. The summed E-state index contributed by atoms with van der Waals surface area (Å²) in [7, 11) is 0. The Morgan fingerprint density at radius 2 is 1.97 bits per heavy atom. The first-order valence-electron chi connectivity index (χ1n) is 11.6. The molecule has 1 atom stereocenters. The fourth-order valence-corrected chi connectivity index (χ4v) is 4.73. The molecule has 8 nitrogen and oxygen atoms in total. The van der Waals surface area contributed by atoms with E-state index in [0.717, 1.165) is 35.7 Å². The lowest BCUT2D eigenvalue weighted by molar-refractivity contribution is -0.131. The van der Waals surface area contributed by atoms with E-state index in [0.29, 0.717) is 32.5 Å². The number of hydrogen-bond acceptors (Lipinski definition) is 5. The van der Waals surface area contributed by atoms with Crippen molar-refractivity contribution in [2.24, 2.45) is 0 Å². The standard InChI is InChI=1S/C25H28N6O2/c1-18-21-8-9-22(32)31(15-10-19-6-3-2-4-7-19)25(21)28-24(27-18)20-11-14-29(16-20)23(33)17-30-13-5-12-26-30/h2-7,12-13,20H,8-11,14-17H2,1H3/t20-/m1/s1. The lowest BCUT2D eigenvalue weighted by Crippen LogP contribution is -2.38. The van der Waals surface area contributed by atoms with Crippen LogP contribution < -0.4 is 4.90 Å². The molecule has 0 saturated carbocycles. The molecule has 1 saturated heterocycles. The minimum atomic E-state index is 0.0514. The van der Waals surface area contributed by atoms with Crippen LogP contribution in [0, 0.1) is 6.92 Å². The molecule has 2 aromatic heterocycles. The van der Waals surface area contributed by atoms with E-state index < -0.39 is 0 Å². The van der Waals surface area contributed by atoms with Gasteiger partial charge in [0, 0.05) is 55.6 Å². The van der Waals surface area contributed by atoms with Crippen molar-refractivity contribution in [2.45, 2.75) is 45.1 Å². The SMILES string of the molecule is Cc1nc([C@@H]2CCN(C(=O)Cn3cccn3)C2)nc2c1CCC(=O)N2CCc1ccccc1. The van der Waals surface area contributed by atoms with Crippen LogP contribution in [0.2, 0.25) is 0 Å². The van der Waals surface area contributed by atoms with Gasteiger partial charge in [0.05, 0.1) is 0 Å². The minimum absolute atomic E-state index is 0.0514. The van der Waals surface area contributed by atoms with Gasteiger partial charge in [-0.25, -0.2) is 9.97 Å². The number of hydrogen-bond donors (Lipinski definition) is 0. The van der Waals surface area contributed by atoms with E-state index in [4.69, 9.17) is 9.97 Å². The first-order valence-corrected chi connectivity index (χ1v) is 11.6. The summed E-state index contributed by atoms with van der Waals surface area (Å²) in [5, 5.41) is 4.13. The highest BCUT2D eigenvalue weighted by Gasteiger charge is 2.33. The number of anilines is 1. The Hall–Kier alpha value is -3.55. The van der Waals surface area contributed by atoms with Gasteiger partial charge in [-0.05, 0) is 37.8 Å². The van der Waals surface area contributed by atoms with Gasteiger partial charge in [-0.3, -0.25) is 19.2 Å². The maximum atomic E-state index is 12.8. The van der Waals surface area contributed by atoms with E-state index in [-0.39, 0.29) is 24.3 Å². The number of fused-ring (bicyclic) bond motifs is 1. The van der Waals surface area contributed by atoms with E-state index in [1.807, 2.05) is 41.0 Å². The highest BCUT2D eigenvalue weighted by atomic mass is 16.2. The molecule has 1 fully saturated rings. The molecular formula is C25H28N6O2. The van der Waals surface area contributed by atoms with Crippen molar-refractivity contribution in [2.75, 3.05) is 24.5 Å². The summed E-state index contributed by atoms with van der Waals surface area (Å²) in [4.78, 5) is 38.9. The number of carbonyl (C=O) groups excluding carboxylic acids is 2. The maximum absolute atomic E-state index is 12.8. The highest BCUT2D eigenvalue weighted by molar-refractivity contribution is 5.95. The molecule has 0 spiro atoms. The van der Waals surface area contributed by atoms with Gasteiger partial charge < -0.3 is 4.90 Å². The van der Waals surface area contributed by atoms with Crippen molar-refractivity contribution in [3.8, 4) is 0 Å².